The Morgan fingerprint density at radius 2 is 1.95 bits per heavy atom. The number of nitrogens with zero attached hydrogens (tertiary/aromatic N) is 2. The highest BCUT2D eigenvalue weighted by Crippen LogP contribution is 2.21. The Hall–Kier alpha value is -1.51. The molecule has 1 heterocycles. The van der Waals surface area contributed by atoms with Gasteiger partial charge in [-0.15, -0.1) is 10.2 Å². The van der Waals surface area contributed by atoms with Crippen LogP contribution in [0.2, 0.25) is 0 Å². The molecule has 0 aliphatic heterocycles. The topological polar surface area (TPSA) is 84.0 Å². The van der Waals surface area contributed by atoms with Crippen LogP contribution in [0.15, 0.2) is 29.2 Å². The van der Waals surface area contributed by atoms with Crippen molar-refractivity contribution in [1.29, 1.82) is 0 Å². The zero-order valence-electron chi connectivity index (χ0n) is 12.1. The van der Waals surface area contributed by atoms with E-state index in [2.05, 4.69) is 20.2 Å². The van der Waals surface area contributed by atoms with Crippen molar-refractivity contribution in [2.45, 2.75) is 38.3 Å². The molecule has 0 radical (unpaired) electrons. The lowest BCUT2D eigenvalue weighted by molar-refractivity contribution is 0.576. The number of nitrogens with one attached hydrogen (secondary N) is 2. The summed E-state index contributed by atoms with van der Waals surface area (Å²) in [5, 5.41) is 11.8. The van der Waals surface area contributed by atoms with Crippen LogP contribution < -0.4 is 10.0 Å². The number of anilines is 1. The molecule has 2 aromatic rings. The summed E-state index contributed by atoms with van der Waals surface area (Å²) < 4.78 is 27.4. The van der Waals surface area contributed by atoms with Crippen LogP contribution in [0.3, 0.4) is 0 Å². The standard InChI is InChI=1S/C13H18N4O2S2/c1-9(2)14-8-11-6-4-5-7-12(11)21(18,19)17-13-16-15-10(3)20-13/h4-7,9,14H,8H2,1-3H3,(H,16,17). The molecule has 21 heavy (non-hydrogen) atoms. The van der Waals surface area contributed by atoms with Crippen LogP contribution in [0.4, 0.5) is 5.13 Å². The second kappa shape index (κ2) is 6.50. The molecular weight excluding hydrogens is 308 g/mol. The number of rotatable bonds is 6. The van der Waals surface area contributed by atoms with E-state index < -0.39 is 10.0 Å². The van der Waals surface area contributed by atoms with E-state index in [1.54, 1.807) is 25.1 Å². The fourth-order valence-corrected chi connectivity index (χ4v) is 3.80. The van der Waals surface area contributed by atoms with Crippen molar-refractivity contribution in [3.8, 4) is 0 Å². The molecule has 1 aromatic carbocycles. The summed E-state index contributed by atoms with van der Waals surface area (Å²) >= 11 is 1.21. The van der Waals surface area contributed by atoms with E-state index in [0.717, 1.165) is 5.56 Å². The van der Waals surface area contributed by atoms with Gasteiger partial charge in [0.15, 0.2) is 0 Å². The highest BCUT2D eigenvalue weighted by molar-refractivity contribution is 7.93. The predicted molar refractivity (Wildman–Crippen MR) is 83.9 cm³/mol. The van der Waals surface area contributed by atoms with Gasteiger partial charge >= 0.3 is 0 Å². The Morgan fingerprint density at radius 1 is 1.24 bits per heavy atom. The van der Waals surface area contributed by atoms with Gasteiger partial charge in [0.25, 0.3) is 10.0 Å². The molecule has 0 bridgehead atoms. The van der Waals surface area contributed by atoms with Crippen molar-refractivity contribution in [3.05, 3.63) is 34.8 Å². The second-order valence-electron chi connectivity index (χ2n) is 4.88. The molecule has 0 aliphatic rings. The average Bonchev–Trinajstić information content (AvgIpc) is 2.81. The van der Waals surface area contributed by atoms with Gasteiger partial charge in [0.1, 0.15) is 5.01 Å². The SMILES string of the molecule is Cc1nnc(NS(=O)(=O)c2ccccc2CNC(C)C)s1. The maximum atomic E-state index is 12.5. The third-order valence-corrected chi connectivity index (χ3v) is 5.03. The summed E-state index contributed by atoms with van der Waals surface area (Å²) in [6.07, 6.45) is 0. The van der Waals surface area contributed by atoms with Crippen molar-refractivity contribution < 1.29 is 8.42 Å². The summed E-state index contributed by atoms with van der Waals surface area (Å²) in [6, 6.07) is 7.20. The highest BCUT2D eigenvalue weighted by Gasteiger charge is 2.19. The molecule has 1 aromatic heterocycles. The molecule has 0 aliphatic carbocycles. The van der Waals surface area contributed by atoms with Crippen LogP contribution in [0.25, 0.3) is 0 Å². The average molecular weight is 326 g/mol. The number of aryl methyl sites for hydroxylation is 1. The quantitative estimate of drug-likeness (QED) is 0.850. The van der Waals surface area contributed by atoms with Gasteiger partial charge in [-0.05, 0) is 18.6 Å². The number of hydrogen-bond donors (Lipinski definition) is 2. The maximum absolute atomic E-state index is 12.5. The van der Waals surface area contributed by atoms with E-state index in [1.165, 1.54) is 11.3 Å². The molecule has 114 valence electrons. The van der Waals surface area contributed by atoms with E-state index in [1.807, 2.05) is 19.9 Å². The van der Waals surface area contributed by atoms with E-state index in [4.69, 9.17) is 0 Å². The van der Waals surface area contributed by atoms with Crippen molar-refractivity contribution in [2.24, 2.45) is 0 Å². The summed E-state index contributed by atoms with van der Waals surface area (Å²) in [5.74, 6) is 0. The number of benzene rings is 1. The molecule has 2 N–H and O–H groups in total. The number of aromatic nitrogens is 2. The zero-order chi connectivity index (χ0) is 15.5. The largest absolute Gasteiger partial charge is 0.310 e. The van der Waals surface area contributed by atoms with E-state index >= 15 is 0 Å². The van der Waals surface area contributed by atoms with Crippen LogP contribution in [0, 0.1) is 6.92 Å². The molecular formula is C13H18N4O2S2. The predicted octanol–water partition coefficient (Wildman–Crippen LogP) is 2.15. The van der Waals surface area contributed by atoms with Gasteiger partial charge in [-0.1, -0.05) is 43.4 Å². The van der Waals surface area contributed by atoms with E-state index in [-0.39, 0.29) is 16.1 Å². The third kappa shape index (κ3) is 4.23. The number of sulfonamides is 1. The highest BCUT2D eigenvalue weighted by atomic mass is 32.2. The Kier molecular flexibility index (Phi) is 4.92. The van der Waals surface area contributed by atoms with Crippen LogP contribution in [0.5, 0.6) is 0 Å². The first-order valence-corrected chi connectivity index (χ1v) is 8.82. The maximum Gasteiger partial charge on any atom is 0.264 e. The lowest BCUT2D eigenvalue weighted by Crippen LogP contribution is -2.24. The van der Waals surface area contributed by atoms with E-state index in [9.17, 15) is 8.42 Å². The summed E-state index contributed by atoms with van der Waals surface area (Å²) in [5.41, 5.74) is 0.722. The zero-order valence-corrected chi connectivity index (χ0v) is 13.8. The van der Waals surface area contributed by atoms with Gasteiger partial charge in [0, 0.05) is 12.6 Å². The monoisotopic (exact) mass is 326 g/mol. The molecule has 0 saturated heterocycles. The lowest BCUT2D eigenvalue weighted by atomic mass is 10.2. The molecule has 8 heteroatoms. The second-order valence-corrected chi connectivity index (χ2v) is 7.71. The van der Waals surface area contributed by atoms with E-state index in [0.29, 0.717) is 11.6 Å². The Labute approximate surface area is 128 Å². The van der Waals surface area contributed by atoms with Gasteiger partial charge in [-0.3, -0.25) is 4.72 Å². The molecule has 0 saturated carbocycles. The molecule has 0 spiro atoms. The third-order valence-electron chi connectivity index (χ3n) is 2.71. The van der Waals surface area contributed by atoms with Crippen LogP contribution in [0.1, 0.15) is 24.4 Å². The van der Waals surface area contributed by atoms with Crippen molar-refractivity contribution in [3.63, 3.8) is 0 Å². The minimum atomic E-state index is -3.66. The summed E-state index contributed by atoms with van der Waals surface area (Å²) in [4.78, 5) is 0.256. The van der Waals surface area contributed by atoms with Gasteiger partial charge in [-0.25, -0.2) is 8.42 Å². The van der Waals surface area contributed by atoms with Gasteiger partial charge in [-0.2, -0.15) is 0 Å². The first-order chi connectivity index (χ1) is 9.88. The van der Waals surface area contributed by atoms with Gasteiger partial charge in [0.2, 0.25) is 5.13 Å². The smallest absolute Gasteiger partial charge is 0.264 e. The lowest BCUT2D eigenvalue weighted by Gasteiger charge is -2.13. The summed E-state index contributed by atoms with van der Waals surface area (Å²) in [7, 11) is -3.66. The Balaban J connectivity index is 2.27. The number of hydrogen-bond acceptors (Lipinski definition) is 6. The van der Waals surface area contributed by atoms with Gasteiger partial charge in [0.05, 0.1) is 4.90 Å². The van der Waals surface area contributed by atoms with Crippen molar-refractivity contribution in [2.75, 3.05) is 4.72 Å². The Bertz CT molecular complexity index is 710. The normalized spacial score (nSPS) is 11.8. The molecule has 0 atom stereocenters. The first-order valence-electron chi connectivity index (χ1n) is 6.52. The van der Waals surface area contributed by atoms with Crippen LogP contribution in [-0.4, -0.2) is 24.7 Å². The fraction of sp³-hybridized carbons (Fsp3) is 0.385. The Morgan fingerprint density at radius 3 is 2.57 bits per heavy atom. The van der Waals surface area contributed by atoms with Crippen LogP contribution in [-0.2, 0) is 16.6 Å². The minimum Gasteiger partial charge on any atom is -0.310 e. The molecule has 0 amide bonds. The fourth-order valence-electron chi connectivity index (χ4n) is 1.73. The minimum absolute atomic E-state index is 0.256. The van der Waals surface area contributed by atoms with Gasteiger partial charge < -0.3 is 5.32 Å². The summed E-state index contributed by atoms with van der Waals surface area (Å²) in [6.45, 7) is 6.29. The molecule has 2 rings (SSSR count). The van der Waals surface area contributed by atoms with Crippen LogP contribution >= 0.6 is 11.3 Å². The van der Waals surface area contributed by atoms with Crippen molar-refractivity contribution >= 4 is 26.5 Å². The molecule has 6 nitrogen and oxygen atoms in total. The molecule has 0 unspecified atom stereocenters. The first kappa shape index (κ1) is 15.9. The van der Waals surface area contributed by atoms with Crippen molar-refractivity contribution in [1.82, 2.24) is 15.5 Å². The molecule has 0 fully saturated rings.